The molecule has 2 aromatic rings. The number of nitrogens with one attached hydrogen (secondary N) is 1. The number of hydrogen-bond acceptors (Lipinski definition) is 4. The van der Waals surface area contributed by atoms with E-state index in [0.717, 1.165) is 15.6 Å². The van der Waals surface area contributed by atoms with Gasteiger partial charge in [-0.25, -0.2) is 0 Å². The van der Waals surface area contributed by atoms with E-state index in [1.807, 2.05) is 36.4 Å². The Morgan fingerprint density at radius 3 is 2.58 bits per heavy atom. The van der Waals surface area contributed by atoms with Gasteiger partial charge in [0.25, 0.3) is 0 Å². The van der Waals surface area contributed by atoms with Gasteiger partial charge in [0, 0.05) is 11.6 Å². The van der Waals surface area contributed by atoms with Crippen molar-refractivity contribution in [2.24, 2.45) is 0 Å². The van der Waals surface area contributed by atoms with Crippen LogP contribution in [0.15, 0.2) is 40.9 Å². The molecule has 0 atom stereocenters. The van der Waals surface area contributed by atoms with E-state index in [1.165, 1.54) is 0 Å². The zero-order valence-corrected chi connectivity index (χ0v) is 15.4. The Labute approximate surface area is 153 Å². The first-order chi connectivity index (χ1) is 11.5. The maximum Gasteiger partial charge on any atom is 0.317 e. The minimum atomic E-state index is -0.899. The third-order valence-electron chi connectivity index (χ3n) is 3.19. The van der Waals surface area contributed by atoms with Crippen molar-refractivity contribution in [1.82, 2.24) is 5.32 Å². The summed E-state index contributed by atoms with van der Waals surface area (Å²) in [5, 5.41) is 12.2. The van der Waals surface area contributed by atoms with Gasteiger partial charge in [-0.2, -0.15) is 0 Å². The monoisotopic (exact) mass is 413 g/mol. The maximum absolute atomic E-state index is 10.5. The van der Waals surface area contributed by atoms with E-state index in [4.69, 9.17) is 26.2 Å². The quantitative estimate of drug-likeness (QED) is 0.686. The van der Waals surface area contributed by atoms with Crippen LogP contribution in [0, 0.1) is 0 Å². The van der Waals surface area contributed by atoms with Gasteiger partial charge >= 0.3 is 5.97 Å². The standard InChI is InChI=1S/C17H17BrClNO4/c1-23-15-7-12(8-20-9-16(21)22)6-14(18)17(15)24-10-11-2-4-13(19)5-3-11/h2-7,20H,8-10H2,1H3,(H,21,22). The molecule has 2 aromatic carbocycles. The van der Waals surface area contributed by atoms with Crippen LogP contribution in [0.25, 0.3) is 0 Å². The van der Waals surface area contributed by atoms with Crippen molar-refractivity contribution >= 4 is 33.5 Å². The highest BCUT2D eigenvalue weighted by Gasteiger charge is 2.12. The Morgan fingerprint density at radius 2 is 1.96 bits per heavy atom. The molecular formula is C17H17BrClNO4. The summed E-state index contributed by atoms with van der Waals surface area (Å²) in [6, 6.07) is 11.1. The summed E-state index contributed by atoms with van der Waals surface area (Å²) in [6.07, 6.45) is 0. The summed E-state index contributed by atoms with van der Waals surface area (Å²) in [7, 11) is 1.56. The number of halogens is 2. The number of rotatable bonds is 8. The molecule has 0 amide bonds. The summed E-state index contributed by atoms with van der Waals surface area (Å²) in [4.78, 5) is 10.5. The van der Waals surface area contributed by atoms with E-state index in [0.29, 0.717) is 29.7 Å². The molecule has 0 aliphatic rings. The molecule has 0 bridgehead atoms. The average molecular weight is 415 g/mol. The Balaban J connectivity index is 2.08. The zero-order chi connectivity index (χ0) is 17.5. The number of aliphatic carboxylic acids is 1. The third-order valence-corrected chi connectivity index (χ3v) is 4.03. The molecule has 5 nitrogen and oxygen atoms in total. The molecule has 0 radical (unpaired) electrons. The van der Waals surface area contributed by atoms with Crippen molar-refractivity contribution in [3.8, 4) is 11.5 Å². The van der Waals surface area contributed by atoms with E-state index in [-0.39, 0.29) is 6.54 Å². The van der Waals surface area contributed by atoms with Crippen LogP contribution in [-0.4, -0.2) is 24.7 Å². The summed E-state index contributed by atoms with van der Waals surface area (Å²) < 4.78 is 12.0. The van der Waals surface area contributed by atoms with Gasteiger partial charge < -0.3 is 19.9 Å². The van der Waals surface area contributed by atoms with Crippen LogP contribution in [0.5, 0.6) is 11.5 Å². The number of methoxy groups -OCH3 is 1. The van der Waals surface area contributed by atoms with Gasteiger partial charge in [-0.15, -0.1) is 0 Å². The lowest BCUT2D eigenvalue weighted by Gasteiger charge is -2.15. The van der Waals surface area contributed by atoms with Crippen LogP contribution in [0.3, 0.4) is 0 Å². The lowest BCUT2D eigenvalue weighted by Crippen LogP contribution is -2.21. The first-order valence-corrected chi connectivity index (χ1v) is 8.33. The molecule has 128 valence electrons. The molecule has 0 saturated carbocycles. The molecule has 2 N–H and O–H groups in total. The summed E-state index contributed by atoms with van der Waals surface area (Å²) in [5.74, 6) is 0.267. The van der Waals surface area contributed by atoms with E-state index >= 15 is 0 Å². The molecular weight excluding hydrogens is 398 g/mol. The number of carboxylic acids is 1. The topological polar surface area (TPSA) is 67.8 Å². The normalized spacial score (nSPS) is 10.5. The van der Waals surface area contributed by atoms with Crippen LogP contribution in [0.4, 0.5) is 0 Å². The van der Waals surface area contributed by atoms with Crippen LogP contribution in [0.1, 0.15) is 11.1 Å². The SMILES string of the molecule is COc1cc(CNCC(=O)O)cc(Br)c1OCc1ccc(Cl)cc1. The molecule has 0 heterocycles. The second kappa shape index (κ2) is 8.92. The maximum atomic E-state index is 10.5. The van der Waals surface area contributed by atoms with E-state index < -0.39 is 5.97 Å². The molecule has 7 heteroatoms. The number of hydrogen-bond donors (Lipinski definition) is 2. The van der Waals surface area contributed by atoms with Gasteiger partial charge in [0.1, 0.15) is 6.61 Å². The molecule has 0 fully saturated rings. The summed E-state index contributed by atoms with van der Waals surface area (Å²) >= 11 is 9.34. The second-order valence-corrected chi connectivity index (χ2v) is 6.31. The minimum absolute atomic E-state index is 0.102. The van der Waals surface area contributed by atoms with Gasteiger partial charge in [0.2, 0.25) is 0 Å². The fourth-order valence-corrected chi connectivity index (χ4v) is 2.80. The second-order valence-electron chi connectivity index (χ2n) is 5.02. The van der Waals surface area contributed by atoms with Crippen LogP contribution >= 0.6 is 27.5 Å². The van der Waals surface area contributed by atoms with Crippen molar-refractivity contribution in [3.05, 3.63) is 57.0 Å². The van der Waals surface area contributed by atoms with E-state index in [2.05, 4.69) is 21.2 Å². The van der Waals surface area contributed by atoms with Crippen LogP contribution < -0.4 is 14.8 Å². The highest BCUT2D eigenvalue weighted by molar-refractivity contribution is 9.10. The van der Waals surface area contributed by atoms with Gasteiger partial charge in [0.05, 0.1) is 18.1 Å². The smallest absolute Gasteiger partial charge is 0.317 e. The van der Waals surface area contributed by atoms with E-state index in [9.17, 15) is 4.79 Å². The number of benzene rings is 2. The summed E-state index contributed by atoms with van der Waals surface area (Å²) in [5.41, 5.74) is 1.87. The lowest BCUT2D eigenvalue weighted by molar-refractivity contribution is -0.135. The lowest BCUT2D eigenvalue weighted by atomic mass is 10.2. The molecule has 0 aliphatic carbocycles. The van der Waals surface area contributed by atoms with Crippen LogP contribution in [0.2, 0.25) is 5.02 Å². The number of carboxylic acid groups (broad SMARTS) is 1. The molecule has 24 heavy (non-hydrogen) atoms. The highest BCUT2D eigenvalue weighted by atomic mass is 79.9. The van der Waals surface area contributed by atoms with Gasteiger partial charge in [-0.3, -0.25) is 4.79 Å². The van der Waals surface area contributed by atoms with Crippen molar-refractivity contribution in [2.75, 3.05) is 13.7 Å². The predicted octanol–water partition coefficient (Wildman–Crippen LogP) is 3.86. The first-order valence-electron chi connectivity index (χ1n) is 7.15. The number of carbonyl (C=O) groups is 1. The van der Waals surface area contributed by atoms with Crippen molar-refractivity contribution < 1.29 is 19.4 Å². The van der Waals surface area contributed by atoms with Crippen molar-refractivity contribution in [1.29, 1.82) is 0 Å². The van der Waals surface area contributed by atoms with Gasteiger partial charge in [-0.05, 0) is 51.3 Å². The molecule has 0 aliphatic heterocycles. The molecule has 0 unspecified atom stereocenters. The molecule has 0 aromatic heterocycles. The fourth-order valence-electron chi connectivity index (χ4n) is 2.07. The molecule has 2 rings (SSSR count). The minimum Gasteiger partial charge on any atom is -0.493 e. The fraction of sp³-hybridized carbons (Fsp3) is 0.235. The number of ether oxygens (including phenoxy) is 2. The van der Waals surface area contributed by atoms with E-state index in [1.54, 1.807) is 7.11 Å². The Kier molecular flexibility index (Phi) is 6.90. The van der Waals surface area contributed by atoms with Gasteiger partial charge in [0.15, 0.2) is 11.5 Å². The zero-order valence-electron chi connectivity index (χ0n) is 13.0. The van der Waals surface area contributed by atoms with Crippen LogP contribution in [-0.2, 0) is 17.9 Å². The average Bonchev–Trinajstić information content (AvgIpc) is 2.54. The Morgan fingerprint density at radius 1 is 1.25 bits per heavy atom. The first kappa shape index (κ1) is 18.6. The van der Waals surface area contributed by atoms with Gasteiger partial charge in [-0.1, -0.05) is 23.7 Å². The Bertz CT molecular complexity index is 706. The molecule has 0 spiro atoms. The van der Waals surface area contributed by atoms with Crippen molar-refractivity contribution in [3.63, 3.8) is 0 Å². The Hall–Kier alpha value is -1.76. The predicted molar refractivity (Wildman–Crippen MR) is 95.8 cm³/mol. The third kappa shape index (κ3) is 5.40. The highest BCUT2D eigenvalue weighted by Crippen LogP contribution is 2.37. The van der Waals surface area contributed by atoms with Crippen molar-refractivity contribution in [2.45, 2.75) is 13.2 Å². The molecule has 0 saturated heterocycles. The summed E-state index contributed by atoms with van der Waals surface area (Å²) in [6.45, 7) is 0.691. The largest absolute Gasteiger partial charge is 0.493 e.